The molecule has 0 aromatic heterocycles. The van der Waals surface area contributed by atoms with Gasteiger partial charge in [-0.1, -0.05) is 6.07 Å². The second-order valence-electron chi connectivity index (χ2n) is 9.46. The molecule has 3 aromatic carbocycles. The Morgan fingerprint density at radius 3 is 2.13 bits per heavy atom. The van der Waals surface area contributed by atoms with Gasteiger partial charge >= 0.3 is 5.97 Å². The first kappa shape index (κ1) is 29.5. The molecular formula is C30H31F2IO5. The quantitative estimate of drug-likeness (QED) is 0.143. The molecule has 0 atom stereocenters. The molecule has 0 N–H and O–H groups in total. The summed E-state index contributed by atoms with van der Waals surface area (Å²) >= 11 is 2.17. The van der Waals surface area contributed by atoms with Gasteiger partial charge in [-0.05, 0) is 128 Å². The molecule has 4 rings (SSSR count). The van der Waals surface area contributed by atoms with E-state index in [1.165, 1.54) is 13.2 Å². The minimum atomic E-state index is -0.880. The van der Waals surface area contributed by atoms with Gasteiger partial charge in [0.2, 0.25) is 0 Å². The molecule has 0 heterocycles. The van der Waals surface area contributed by atoms with E-state index in [9.17, 15) is 18.4 Å². The average molecular weight is 636 g/mol. The van der Waals surface area contributed by atoms with E-state index in [0.29, 0.717) is 34.1 Å². The van der Waals surface area contributed by atoms with Gasteiger partial charge in [0, 0.05) is 3.57 Å². The summed E-state index contributed by atoms with van der Waals surface area (Å²) in [4.78, 5) is 22.8. The van der Waals surface area contributed by atoms with Crippen molar-refractivity contribution in [3.05, 3.63) is 80.4 Å². The normalized spacial score (nSPS) is 12.6. The van der Waals surface area contributed by atoms with Crippen molar-refractivity contribution in [3.8, 4) is 22.6 Å². The van der Waals surface area contributed by atoms with Crippen molar-refractivity contribution in [3.63, 3.8) is 0 Å². The summed E-state index contributed by atoms with van der Waals surface area (Å²) in [5, 5.41) is 0. The summed E-state index contributed by atoms with van der Waals surface area (Å²) in [6.07, 6.45) is 2.81. The van der Waals surface area contributed by atoms with E-state index in [0.717, 1.165) is 39.9 Å². The van der Waals surface area contributed by atoms with Crippen LogP contribution in [-0.2, 0) is 4.74 Å². The van der Waals surface area contributed by atoms with Crippen LogP contribution >= 0.6 is 22.6 Å². The summed E-state index contributed by atoms with van der Waals surface area (Å²) < 4.78 is 43.8. The first-order chi connectivity index (χ1) is 18.0. The predicted molar refractivity (Wildman–Crippen MR) is 151 cm³/mol. The van der Waals surface area contributed by atoms with Crippen LogP contribution in [0.4, 0.5) is 8.78 Å². The van der Waals surface area contributed by atoms with E-state index in [-0.39, 0.29) is 18.2 Å². The Kier molecular flexibility index (Phi) is 10.2. The van der Waals surface area contributed by atoms with Crippen LogP contribution in [-0.4, -0.2) is 31.6 Å². The third-order valence-corrected chi connectivity index (χ3v) is 6.30. The Bertz CT molecular complexity index is 1300. The fourth-order valence-electron chi connectivity index (χ4n) is 3.83. The molecular weight excluding hydrogens is 605 g/mol. The Balaban J connectivity index is 0.000000232. The molecule has 0 saturated heterocycles. The van der Waals surface area contributed by atoms with Crippen LogP contribution in [0.25, 0.3) is 11.1 Å². The van der Waals surface area contributed by atoms with Crippen molar-refractivity contribution in [1.29, 1.82) is 0 Å². The van der Waals surface area contributed by atoms with Crippen molar-refractivity contribution in [2.45, 2.75) is 58.7 Å². The molecule has 1 fully saturated rings. The van der Waals surface area contributed by atoms with E-state index >= 15 is 0 Å². The van der Waals surface area contributed by atoms with Gasteiger partial charge in [-0.25, -0.2) is 13.6 Å². The van der Waals surface area contributed by atoms with Crippen molar-refractivity contribution in [1.82, 2.24) is 0 Å². The molecule has 5 nitrogen and oxygen atoms in total. The highest BCUT2D eigenvalue weighted by molar-refractivity contribution is 14.1. The number of hydrogen-bond acceptors (Lipinski definition) is 5. The summed E-state index contributed by atoms with van der Waals surface area (Å²) in [5.74, 6) is -0.713. The lowest BCUT2D eigenvalue weighted by Gasteiger charge is -2.17. The standard InChI is InChI=1S/C19H18F2O2.C11H13IO3/c1-11(2)23-19-9-16(13-5-6-17(20)18(21)8-13)15(12-3-4-12)7-14(19)10-22;1-7(2)15-10-6-8(12)4-5-9(10)11(13)14-3/h5-12H,3-4H2,1-2H3;4-7H,1-3H3. The smallest absolute Gasteiger partial charge is 0.341 e. The van der Waals surface area contributed by atoms with E-state index < -0.39 is 11.6 Å². The molecule has 3 aromatic rings. The summed E-state index contributed by atoms with van der Waals surface area (Å²) in [6, 6.07) is 12.8. The summed E-state index contributed by atoms with van der Waals surface area (Å²) in [5.41, 5.74) is 3.34. The number of methoxy groups -OCH3 is 1. The van der Waals surface area contributed by atoms with Gasteiger partial charge in [-0.3, -0.25) is 4.79 Å². The van der Waals surface area contributed by atoms with Crippen LogP contribution in [0.15, 0.2) is 48.5 Å². The Hall–Kier alpha value is -3.01. The van der Waals surface area contributed by atoms with Crippen molar-refractivity contribution < 1.29 is 32.6 Å². The van der Waals surface area contributed by atoms with Crippen LogP contribution in [0.5, 0.6) is 11.5 Å². The Morgan fingerprint density at radius 1 is 0.921 bits per heavy atom. The lowest BCUT2D eigenvalue weighted by atomic mass is 9.94. The highest BCUT2D eigenvalue weighted by atomic mass is 127. The van der Waals surface area contributed by atoms with Crippen molar-refractivity contribution in [2.24, 2.45) is 0 Å². The summed E-state index contributed by atoms with van der Waals surface area (Å²) in [6.45, 7) is 7.59. The summed E-state index contributed by atoms with van der Waals surface area (Å²) in [7, 11) is 1.36. The molecule has 0 bridgehead atoms. The average Bonchev–Trinajstić information content (AvgIpc) is 3.70. The number of carbonyl (C=O) groups is 2. The molecule has 8 heteroatoms. The maximum Gasteiger partial charge on any atom is 0.341 e. The van der Waals surface area contributed by atoms with Gasteiger partial charge < -0.3 is 14.2 Å². The van der Waals surface area contributed by atoms with Gasteiger partial charge in [0.25, 0.3) is 0 Å². The number of carbonyl (C=O) groups excluding carboxylic acids is 2. The van der Waals surface area contributed by atoms with E-state index in [1.54, 1.807) is 18.2 Å². The lowest BCUT2D eigenvalue weighted by molar-refractivity contribution is 0.0594. The van der Waals surface area contributed by atoms with Gasteiger partial charge in [0.05, 0.1) is 24.9 Å². The number of benzene rings is 3. The van der Waals surface area contributed by atoms with Crippen LogP contribution in [0.2, 0.25) is 0 Å². The molecule has 1 saturated carbocycles. The molecule has 0 spiro atoms. The van der Waals surface area contributed by atoms with Crippen LogP contribution in [0.1, 0.15) is 72.7 Å². The monoisotopic (exact) mass is 636 g/mol. The maximum absolute atomic E-state index is 13.6. The maximum atomic E-state index is 13.6. The van der Waals surface area contributed by atoms with E-state index in [2.05, 4.69) is 27.3 Å². The molecule has 0 amide bonds. The zero-order valence-electron chi connectivity index (χ0n) is 22.0. The van der Waals surface area contributed by atoms with Gasteiger partial charge in [0.1, 0.15) is 17.1 Å². The molecule has 0 unspecified atom stereocenters. The van der Waals surface area contributed by atoms with Crippen LogP contribution in [0, 0.1) is 15.2 Å². The van der Waals surface area contributed by atoms with E-state index in [1.807, 2.05) is 45.9 Å². The highest BCUT2D eigenvalue weighted by Crippen LogP contribution is 2.46. The van der Waals surface area contributed by atoms with Crippen LogP contribution in [0.3, 0.4) is 0 Å². The zero-order chi connectivity index (χ0) is 28.0. The number of rotatable bonds is 8. The first-order valence-corrected chi connectivity index (χ1v) is 13.4. The highest BCUT2D eigenvalue weighted by Gasteiger charge is 2.28. The molecule has 1 aliphatic carbocycles. The zero-order valence-corrected chi connectivity index (χ0v) is 24.2. The predicted octanol–water partition coefficient (Wildman–Crippen LogP) is 7.97. The van der Waals surface area contributed by atoms with E-state index in [4.69, 9.17) is 9.47 Å². The minimum Gasteiger partial charge on any atom is -0.490 e. The second kappa shape index (κ2) is 13.2. The number of halogens is 3. The molecule has 0 aliphatic heterocycles. The number of aldehydes is 1. The molecule has 38 heavy (non-hydrogen) atoms. The van der Waals surface area contributed by atoms with Gasteiger partial charge in [-0.2, -0.15) is 0 Å². The Morgan fingerprint density at radius 2 is 1.58 bits per heavy atom. The second-order valence-corrected chi connectivity index (χ2v) is 10.7. The van der Waals surface area contributed by atoms with Crippen molar-refractivity contribution >= 4 is 34.8 Å². The fourth-order valence-corrected chi connectivity index (χ4v) is 4.30. The third kappa shape index (κ3) is 7.75. The fraction of sp³-hybridized carbons (Fsp3) is 0.333. The van der Waals surface area contributed by atoms with Gasteiger partial charge in [0.15, 0.2) is 17.9 Å². The Labute approximate surface area is 235 Å². The number of hydrogen-bond donors (Lipinski definition) is 0. The topological polar surface area (TPSA) is 61.8 Å². The SMILES string of the molecule is CC(C)Oc1cc(-c2ccc(F)c(F)c2)c(C2CC2)cc1C=O.COC(=O)c1ccc(I)cc1OC(C)C. The number of ether oxygens (including phenoxy) is 3. The van der Waals surface area contributed by atoms with Crippen molar-refractivity contribution in [2.75, 3.05) is 7.11 Å². The number of esters is 1. The molecule has 1 aliphatic rings. The first-order valence-electron chi connectivity index (χ1n) is 12.3. The van der Waals surface area contributed by atoms with Crippen LogP contribution < -0.4 is 9.47 Å². The van der Waals surface area contributed by atoms with Gasteiger partial charge in [-0.15, -0.1) is 0 Å². The lowest BCUT2D eigenvalue weighted by Crippen LogP contribution is -2.11. The minimum absolute atomic E-state index is 0.0339. The molecule has 202 valence electrons. The third-order valence-electron chi connectivity index (χ3n) is 5.63. The molecule has 0 radical (unpaired) electrons. The largest absolute Gasteiger partial charge is 0.490 e.